The quantitative estimate of drug-likeness (QED) is 0.748. The van der Waals surface area contributed by atoms with Gasteiger partial charge in [-0.2, -0.15) is 0 Å². The molecule has 0 saturated carbocycles. The molecule has 1 aromatic heterocycles. The average Bonchev–Trinajstić information content (AvgIpc) is 2.95. The molecule has 0 aliphatic rings. The third-order valence-corrected chi connectivity index (χ3v) is 4.49. The minimum Gasteiger partial charge on any atom is -0.360 e. The molecule has 0 spiro atoms. The van der Waals surface area contributed by atoms with Crippen LogP contribution in [0.4, 0.5) is 17.2 Å². The lowest BCUT2D eigenvalue weighted by atomic mass is 10.3. The van der Waals surface area contributed by atoms with E-state index in [4.69, 9.17) is 4.52 Å². The van der Waals surface area contributed by atoms with Crippen LogP contribution in [0.25, 0.3) is 0 Å². The lowest BCUT2D eigenvalue weighted by Gasteiger charge is -2.09. The van der Waals surface area contributed by atoms with Crippen LogP contribution in [0.1, 0.15) is 5.76 Å². The minimum atomic E-state index is -3.58. The molecule has 1 heterocycles. The number of nitrogens with zero attached hydrogens (tertiary/aromatic N) is 1. The number of benzene rings is 2. The van der Waals surface area contributed by atoms with Gasteiger partial charge in [0.15, 0.2) is 5.82 Å². The van der Waals surface area contributed by atoms with E-state index in [1.165, 1.54) is 0 Å². The molecule has 0 aliphatic carbocycles. The van der Waals surface area contributed by atoms with Gasteiger partial charge >= 0.3 is 0 Å². The zero-order valence-corrected chi connectivity index (χ0v) is 13.2. The fourth-order valence-electron chi connectivity index (χ4n) is 2.01. The van der Waals surface area contributed by atoms with E-state index in [1.807, 2.05) is 0 Å². The predicted molar refractivity (Wildman–Crippen MR) is 88.2 cm³/mol. The summed E-state index contributed by atoms with van der Waals surface area (Å²) in [6.45, 7) is 1.81. The normalized spacial score (nSPS) is 11.2. The van der Waals surface area contributed by atoms with Crippen molar-refractivity contribution >= 4 is 27.2 Å². The summed E-state index contributed by atoms with van der Waals surface area (Å²) in [5.74, 6) is 1.31. The smallest absolute Gasteiger partial charge is 0.261 e. The second-order valence-corrected chi connectivity index (χ2v) is 6.63. The third kappa shape index (κ3) is 3.70. The van der Waals surface area contributed by atoms with Crippen LogP contribution in [-0.2, 0) is 10.0 Å². The molecule has 0 amide bonds. The molecule has 0 bridgehead atoms. The van der Waals surface area contributed by atoms with E-state index in [0.29, 0.717) is 17.3 Å². The van der Waals surface area contributed by atoms with E-state index in [9.17, 15) is 8.42 Å². The number of aromatic nitrogens is 1. The molecular formula is C16H15N3O3S. The first-order chi connectivity index (χ1) is 11.0. The molecule has 0 saturated heterocycles. The minimum absolute atomic E-state index is 0.222. The topological polar surface area (TPSA) is 84.2 Å². The summed E-state index contributed by atoms with van der Waals surface area (Å²) in [6, 6.07) is 16.9. The van der Waals surface area contributed by atoms with Crippen molar-refractivity contribution in [3.05, 3.63) is 66.4 Å². The monoisotopic (exact) mass is 329 g/mol. The van der Waals surface area contributed by atoms with E-state index in [0.717, 1.165) is 5.69 Å². The first-order valence-electron chi connectivity index (χ1n) is 6.91. The highest BCUT2D eigenvalue weighted by atomic mass is 32.2. The van der Waals surface area contributed by atoms with Gasteiger partial charge in [-0.05, 0) is 43.3 Å². The van der Waals surface area contributed by atoms with Crippen LogP contribution in [-0.4, -0.2) is 13.6 Å². The van der Waals surface area contributed by atoms with Crippen molar-refractivity contribution in [3.8, 4) is 0 Å². The molecule has 118 valence electrons. The summed E-state index contributed by atoms with van der Waals surface area (Å²) in [6.07, 6.45) is 0. The molecule has 3 aromatic rings. The van der Waals surface area contributed by atoms with Crippen LogP contribution in [0.2, 0.25) is 0 Å². The molecule has 0 unspecified atom stereocenters. The Morgan fingerprint density at radius 2 is 1.61 bits per heavy atom. The Labute approximate surface area is 134 Å². The average molecular weight is 329 g/mol. The van der Waals surface area contributed by atoms with Gasteiger partial charge in [0.25, 0.3) is 10.0 Å². The van der Waals surface area contributed by atoms with Gasteiger partial charge < -0.3 is 9.84 Å². The molecule has 2 N–H and O–H groups in total. The second-order valence-electron chi connectivity index (χ2n) is 4.94. The van der Waals surface area contributed by atoms with Gasteiger partial charge in [0.1, 0.15) is 5.76 Å². The molecule has 2 aromatic carbocycles. The Hall–Kier alpha value is -2.80. The Balaban J connectivity index is 1.72. The van der Waals surface area contributed by atoms with Crippen LogP contribution in [0.3, 0.4) is 0 Å². The molecule has 0 radical (unpaired) electrons. The first-order valence-corrected chi connectivity index (χ1v) is 8.39. The summed E-state index contributed by atoms with van der Waals surface area (Å²) >= 11 is 0. The van der Waals surface area contributed by atoms with Crippen LogP contribution < -0.4 is 10.0 Å². The maximum Gasteiger partial charge on any atom is 0.261 e. The maximum atomic E-state index is 12.2. The number of sulfonamides is 1. The molecule has 0 aliphatic heterocycles. The summed E-state index contributed by atoms with van der Waals surface area (Å²) in [5, 5.41) is 6.90. The zero-order valence-electron chi connectivity index (χ0n) is 12.4. The lowest BCUT2D eigenvalue weighted by Crippen LogP contribution is -2.12. The molecule has 23 heavy (non-hydrogen) atoms. The van der Waals surface area contributed by atoms with Gasteiger partial charge in [-0.1, -0.05) is 23.4 Å². The first kappa shape index (κ1) is 15.1. The number of rotatable bonds is 5. The van der Waals surface area contributed by atoms with E-state index >= 15 is 0 Å². The van der Waals surface area contributed by atoms with Crippen molar-refractivity contribution in [2.75, 3.05) is 10.0 Å². The van der Waals surface area contributed by atoms with Gasteiger partial charge in [0, 0.05) is 17.4 Å². The summed E-state index contributed by atoms with van der Waals surface area (Å²) in [4.78, 5) is 0.222. The van der Waals surface area contributed by atoms with Gasteiger partial charge in [0.05, 0.1) is 4.90 Å². The van der Waals surface area contributed by atoms with E-state index in [1.54, 1.807) is 67.6 Å². The Morgan fingerprint density at radius 1 is 0.957 bits per heavy atom. The highest BCUT2D eigenvalue weighted by molar-refractivity contribution is 7.92. The molecule has 7 heteroatoms. The molecular weight excluding hydrogens is 314 g/mol. The lowest BCUT2D eigenvalue weighted by molar-refractivity contribution is 0.400. The van der Waals surface area contributed by atoms with Crippen LogP contribution in [0, 0.1) is 6.92 Å². The summed E-state index contributed by atoms with van der Waals surface area (Å²) in [5.41, 5.74) is 1.26. The summed E-state index contributed by atoms with van der Waals surface area (Å²) < 4.78 is 32.0. The van der Waals surface area contributed by atoms with Gasteiger partial charge in [0.2, 0.25) is 0 Å². The van der Waals surface area contributed by atoms with Gasteiger partial charge in [-0.15, -0.1) is 0 Å². The van der Waals surface area contributed by atoms with Crippen LogP contribution in [0.15, 0.2) is 70.1 Å². The van der Waals surface area contributed by atoms with E-state index in [2.05, 4.69) is 15.2 Å². The Bertz CT molecular complexity index is 888. The molecule has 6 nitrogen and oxygen atoms in total. The fourth-order valence-corrected chi connectivity index (χ4v) is 3.09. The molecule has 3 rings (SSSR count). The van der Waals surface area contributed by atoms with Crippen LogP contribution >= 0.6 is 0 Å². The van der Waals surface area contributed by atoms with Gasteiger partial charge in [-0.3, -0.25) is 4.72 Å². The third-order valence-electron chi connectivity index (χ3n) is 3.09. The van der Waals surface area contributed by atoms with Crippen LogP contribution in [0.5, 0.6) is 0 Å². The highest BCUT2D eigenvalue weighted by Crippen LogP contribution is 2.20. The van der Waals surface area contributed by atoms with Crippen molar-refractivity contribution in [2.24, 2.45) is 0 Å². The molecule has 0 fully saturated rings. The van der Waals surface area contributed by atoms with Crippen molar-refractivity contribution < 1.29 is 12.9 Å². The Morgan fingerprint density at radius 3 is 2.22 bits per heavy atom. The number of hydrogen-bond donors (Lipinski definition) is 2. The standard InChI is InChI=1S/C16H15N3O3S/c1-12-11-16(18-22-12)17-13-7-9-14(10-8-13)19-23(20,21)15-5-3-2-4-6-15/h2-11,19H,1H3,(H,17,18). The zero-order chi connectivity index (χ0) is 16.3. The largest absolute Gasteiger partial charge is 0.360 e. The number of hydrogen-bond acceptors (Lipinski definition) is 5. The van der Waals surface area contributed by atoms with Crippen molar-refractivity contribution in [1.29, 1.82) is 0 Å². The van der Waals surface area contributed by atoms with E-state index in [-0.39, 0.29) is 4.90 Å². The molecule has 0 atom stereocenters. The fraction of sp³-hybridized carbons (Fsp3) is 0.0625. The van der Waals surface area contributed by atoms with Gasteiger partial charge in [-0.25, -0.2) is 8.42 Å². The maximum absolute atomic E-state index is 12.2. The predicted octanol–water partition coefficient (Wildman–Crippen LogP) is 3.53. The highest BCUT2D eigenvalue weighted by Gasteiger charge is 2.13. The SMILES string of the molecule is Cc1cc(Nc2ccc(NS(=O)(=O)c3ccccc3)cc2)no1. The Kier molecular flexibility index (Phi) is 4.03. The number of aryl methyl sites for hydroxylation is 1. The van der Waals surface area contributed by atoms with Crippen molar-refractivity contribution in [2.45, 2.75) is 11.8 Å². The second kappa shape index (κ2) is 6.13. The number of nitrogens with one attached hydrogen (secondary N) is 2. The van der Waals surface area contributed by atoms with E-state index < -0.39 is 10.0 Å². The number of anilines is 3. The van der Waals surface area contributed by atoms with Crippen molar-refractivity contribution in [1.82, 2.24) is 5.16 Å². The van der Waals surface area contributed by atoms with Crippen molar-refractivity contribution in [3.63, 3.8) is 0 Å². The summed E-state index contributed by atoms with van der Waals surface area (Å²) in [7, 11) is -3.58.